The SMILES string of the molecule is CC(C)(C)OC(=O)N1CC[C@@H](c2ccccc2)[C@@H]1C(=O)Nc1ccc2[nH]c(C(=O)NCC(F)F)cc2c1. The molecule has 4 rings (SSSR count). The smallest absolute Gasteiger partial charge is 0.410 e. The van der Waals surface area contributed by atoms with E-state index in [0.29, 0.717) is 29.6 Å². The Labute approximate surface area is 213 Å². The number of anilines is 1. The number of aromatic nitrogens is 1. The Hall–Kier alpha value is -3.95. The molecule has 1 fully saturated rings. The van der Waals surface area contributed by atoms with Gasteiger partial charge in [-0.25, -0.2) is 13.6 Å². The number of likely N-dealkylation sites (tertiary alicyclic amines) is 1. The van der Waals surface area contributed by atoms with Gasteiger partial charge in [0, 0.05) is 29.1 Å². The normalized spacial score (nSPS) is 17.7. The summed E-state index contributed by atoms with van der Waals surface area (Å²) in [7, 11) is 0. The molecule has 1 aromatic heterocycles. The first-order chi connectivity index (χ1) is 17.5. The fourth-order valence-electron chi connectivity index (χ4n) is 4.51. The molecule has 37 heavy (non-hydrogen) atoms. The minimum absolute atomic E-state index is 0.134. The van der Waals surface area contributed by atoms with Crippen LogP contribution in [0.25, 0.3) is 10.9 Å². The average molecular weight is 513 g/mol. The quantitative estimate of drug-likeness (QED) is 0.437. The van der Waals surface area contributed by atoms with Gasteiger partial charge >= 0.3 is 6.09 Å². The van der Waals surface area contributed by atoms with Crippen LogP contribution in [0.4, 0.5) is 19.3 Å². The van der Waals surface area contributed by atoms with Crippen molar-refractivity contribution in [3.8, 4) is 0 Å². The third-order valence-electron chi connectivity index (χ3n) is 6.07. The van der Waals surface area contributed by atoms with Gasteiger partial charge < -0.3 is 20.4 Å². The molecule has 10 heteroatoms. The van der Waals surface area contributed by atoms with E-state index in [0.717, 1.165) is 5.56 Å². The topological polar surface area (TPSA) is 104 Å². The number of fused-ring (bicyclic) bond motifs is 1. The molecule has 0 spiro atoms. The van der Waals surface area contributed by atoms with E-state index in [1.807, 2.05) is 30.3 Å². The molecule has 196 valence electrons. The number of nitrogens with zero attached hydrogens (tertiary/aromatic N) is 1. The van der Waals surface area contributed by atoms with Gasteiger partial charge in [0.25, 0.3) is 12.3 Å². The number of carbonyl (C=O) groups is 3. The van der Waals surface area contributed by atoms with Gasteiger partial charge in [-0.15, -0.1) is 0 Å². The predicted molar refractivity (Wildman–Crippen MR) is 136 cm³/mol. The summed E-state index contributed by atoms with van der Waals surface area (Å²) < 4.78 is 30.4. The summed E-state index contributed by atoms with van der Waals surface area (Å²) in [4.78, 5) is 43.0. The van der Waals surface area contributed by atoms with Crippen LogP contribution >= 0.6 is 0 Å². The standard InChI is InChI=1S/C27H30F2N4O4/c1-27(2,3)37-26(36)33-12-11-19(16-7-5-4-6-8-16)23(33)25(35)31-18-9-10-20-17(13-18)14-21(32-20)24(34)30-15-22(28)29/h4-10,13-14,19,22-23,32H,11-12,15H2,1-3H3,(H,30,34)(H,31,35)/t19-,23+/m0/s1. The number of rotatable bonds is 6. The number of benzene rings is 2. The van der Waals surface area contributed by atoms with Crippen LogP contribution in [0.2, 0.25) is 0 Å². The van der Waals surface area contributed by atoms with E-state index in [1.54, 1.807) is 39.0 Å². The van der Waals surface area contributed by atoms with E-state index in [4.69, 9.17) is 4.74 Å². The van der Waals surface area contributed by atoms with Gasteiger partial charge in [0.1, 0.15) is 17.3 Å². The summed E-state index contributed by atoms with van der Waals surface area (Å²) in [6, 6.07) is 15.4. The maximum absolute atomic E-state index is 13.6. The first-order valence-corrected chi connectivity index (χ1v) is 12.1. The second-order valence-electron chi connectivity index (χ2n) is 10.00. The largest absolute Gasteiger partial charge is 0.444 e. The van der Waals surface area contributed by atoms with Crippen LogP contribution in [-0.4, -0.2) is 58.9 Å². The Bertz CT molecular complexity index is 1290. The van der Waals surface area contributed by atoms with E-state index < -0.39 is 36.6 Å². The number of aromatic amines is 1. The van der Waals surface area contributed by atoms with Crippen molar-refractivity contribution >= 4 is 34.5 Å². The zero-order valence-electron chi connectivity index (χ0n) is 20.9. The molecule has 8 nitrogen and oxygen atoms in total. The molecule has 3 aromatic rings. The molecule has 0 unspecified atom stereocenters. The van der Waals surface area contributed by atoms with Crippen LogP contribution < -0.4 is 10.6 Å². The van der Waals surface area contributed by atoms with Crippen molar-refractivity contribution in [3.05, 3.63) is 65.9 Å². The Kier molecular flexibility index (Phi) is 7.47. The molecule has 0 saturated carbocycles. The third kappa shape index (κ3) is 6.25. The maximum atomic E-state index is 13.6. The fraction of sp³-hybridized carbons (Fsp3) is 0.370. The molecule has 2 heterocycles. The van der Waals surface area contributed by atoms with Crippen LogP contribution in [0.15, 0.2) is 54.6 Å². The molecule has 0 radical (unpaired) electrons. The summed E-state index contributed by atoms with van der Waals surface area (Å²) in [6.45, 7) is 4.96. The van der Waals surface area contributed by atoms with E-state index in [-0.39, 0.29) is 17.5 Å². The molecule has 2 aromatic carbocycles. The highest BCUT2D eigenvalue weighted by Crippen LogP contribution is 2.35. The summed E-state index contributed by atoms with van der Waals surface area (Å²) in [5.74, 6) is -1.22. The van der Waals surface area contributed by atoms with Crippen LogP contribution in [0.5, 0.6) is 0 Å². The van der Waals surface area contributed by atoms with Gasteiger partial charge in [-0.2, -0.15) is 0 Å². The Morgan fingerprint density at radius 1 is 1.11 bits per heavy atom. The number of hydrogen-bond donors (Lipinski definition) is 3. The van der Waals surface area contributed by atoms with Crippen LogP contribution in [-0.2, 0) is 9.53 Å². The number of halogens is 2. The Morgan fingerprint density at radius 3 is 2.51 bits per heavy atom. The summed E-state index contributed by atoms with van der Waals surface area (Å²) in [6.07, 6.45) is -2.59. The number of alkyl halides is 2. The predicted octanol–water partition coefficient (Wildman–Crippen LogP) is 4.89. The Balaban J connectivity index is 1.56. The summed E-state index contributed by atoms with van der Waals surface area (Å²) in [5.41, 5.74) is 1.46. The maximum Gasteiger partial charge on any atom is 0.410 e. The molecule has 3 N–H and O–H groups in total. The zero-order chi connectivity index (χ0) is 26.7. The Morgan fingerprint density at radius 2 is 1.84 bits per heavy atom. The van der Waals surface area contributed by atoms with Crippen molar-refractivity contribution in [2.24, 2.45) is 0 Å². The van der Waals surface area contributed by atoms with Crippen LogP contribution in [0.1, 0.15) is 49.2 Å². The summed E-state index contributed by atoms with van der Waals surface area (Å²) in [5, 5.41) is 5.68. The van der Waals surface area contributed by atoms with Gasteiger partial charge in [-0.1, -0.05) is 30.3 Å². The van der Waals surface area contributed by atoms with Gasteiger partial charge in [0.05, 0.1) is 6.54 Å². The van der Waals surface area contributed by atoms with E-state index in [1.165, 1.54) is 11.0 Å². The molecular formula is C27H30F2N4O4. The van der Waals surface area contributed by atoms with Crippen molar-refractivity contribution in [1.82, 2.24) is 15.2 Å². The number of nitrogens with one attached hydrogen (secondary N) is 3. The van der Waals surface area contributed by atoms with E-state index >= 15 is 0 Å². The monoisotopic (exact) mass is 512 g/mol. The molecule has 3 amide bonds. The highest BCUT2D eigenvalue weighted by molar-refractivity contribution is 6.01. The average Bonchev–Trinajstić information content (AvgIpc) is 3.46. The van der Waals surface area contributed by atoms with Gasteiger partial charge in [-0.3, -0.25) is 14.5 Å². The lowest BCUT2D eigenvalue weighted by molar-refractivity contribution is -0.120. The number of amides is 3. The van der Waals surface area contributed by atoms with Gasteiger partial charge in [0.2, 0.25) is 5.91 Å². The third-order valence-corrected chi connectivity index (χ3v) is 6.07. The van der Waals surface area contributed by atoms with E-state index in [9.17, 15) is 23.2 Å². The second-order valence-corrected chi connectivity index (χ2v) is 10.00. The number of hydrogen-bond acceptors (Lipinski definition) is 4. The van der Waals surface area contributed by atoms with Crippen molar-refractivity contribution in [1.29, 1.82) is 0 Å². The molecule has 1 saturated heterocycles. The van der Waals surface area contributed by atoms with Crippen molar-refractivity contribution in [3.63, 3.8) is 0 Å². The first kappa shape index (κ1) is 26.1. The van der Waals surface area contributed by atoms with Crippen molar-refractivity contribution in [2.45, 2.75) is 51.2 Å². The van der Waals surface area contributed by atoms with Crippen LogP contribution in [0, 0.1) is 0 Å². The van der Waals surface area contributed by atoms with Gasteiger partial charge in [0.15, 0.2) is 0 Å². The number of carbonyl (C=O) groups excluding carboxylic acids is 3. The van der Waals surface area contributed by atoms with E-state index in [2.05, 4.69) is 15.6 Å². The van der Waals surface area contributed by atoms with Crippen molar-refractivity contribution in [2.75, 3.05) is 18.4 Å². The highest BCUT2D eigenvalue weighted by Gasteiger charge is 2.44. The number of H-pyrrole nitrogens is 1. The molecular weight excluding hydrogens is 482 g/mol. The highest BCUT2D eigenvalue weighted by atomic mass is 19.3. The minimum atomic E-state index is -2.65. The van der Waals surface area contributed by atoms with Crippen LogP contribution in [0.3, 0.4) is 0 Å². The molecule has 1 aliphatic rings. The second kappa shape index (κ2) is 10.6. The lowest BCUT2D eigenvalue weighted by atomic mass is 9.91. The summed E-state index contributed by atoms with van der Waals surface area (Å²) >= 11 is 0. The van der Waals surface area contributed by atoms with Gasteiger partial charge in [-0.05, 0) is 57.0 Å². The fourth-order valence-corrected chi connectivity index (χ4v) is 4.51. The zero-order valence-corrected chi connectivity index (χ0v) is 20.9. The first-order valence-electron chi connectivity index (χ1n) is 12.1. The molecule has 2 atom stereocenters. The molecule has 1 aliphatic heterocycles. The lowest BCUT2D eigenvalue weighted by Crippen LogP contribution is -2.47. The minimum Gasteiger partial charge on any atom is -0.444 e. The molecule has 0 bridgehead atoms. The lowest BCUT2D eigenvalue weighted by Gasteiger charge is -2.30. The van der Waals surface area contributed by atoms with Crippen molar-refractivity contribution < 1.29 is 27.9 Å². The molecule has 0 aliphatic carbocycles. The number of ether oxygens (including phenoxy) is 1.